The van der Waals surface area contributed by atoms with E-state index in [2.05, 4.69) is 0 Å². The molecule has 5 nitrogen and oxygen atoms in total. The molecule has 1 N–H and O–H groups in total. The molecular weight excluding hydrogens is 205 g/mol. The number of halogens is 1. The molecule has 0 amide bonds. The number of aromatic carboxylic acids is 1. The van der Waals surface area contributed by atoms with Crippen LogP contribution in [0.15, 0.2) is 18.2 Å². The third kappa shape index (κ3) is 3.01. The average molecular weight is 213 g/mol. The minimum absolute atomic E-state index is 0.0871. The lowest BCUT2D eigenvalue weighted by molar-refractivity contribution is -0.479. The van der Waals surface area contributed by atoms with Gasteiger partial charge in [0.2, 0.25) is 6.54 Å². The number of benzene rings is 1. The maximum Gasteiger partial charge on any atom is 0.338 e. The van der Waals surface area contributed by atoms with Gasteiger partial charge in [0.1, 0.15) is 5.82 Å². The molecule has 0 bridgehead atoms. The van der Waals surface area contributed by atoms with Gasteiger partial charge >= 0.3 is 5.97 Å². The summed E-state index contributed by atoms with van der Waals surface area (Å²) in [4.78, 5) is 20.0. The number of hydrogen-bond acceptors (Lipinski definition) is 3. The number of carboxylic acids is 1. The van der Waals surface area contributed by atoms with Gasteiger partial charge in [0.15, 0.2) is 0 Å². The van der Waals surface area contributed by atoms with Gasteiger partial charge in [-0.25, -0.2) is 9.18 Å². The molecule has 1 aromatic carbocycles. The summed E-state index contributed by atoms with van der Waals surface area (Å²) in [5.41, 5.74) is -0.0194. The van der Waals surface area contributed by atoms with E-state index in [1.807, 2.05) is 0 Å². The molecule has 0 aliphatic rings. The summed E-state index contributed by atoms with van der Waals surface area (Å²) in [6.45, 7) is -0.300. The smallest absolute Gasteiger partial charge is 0.338 e. The number of nitro groups is 1. The standard InChI is InChI=1S/C9H8FNO4/c10-8-5-6(3-4-11(14)15)1-2-7(8)9(12)13/h1-2,5H,3-4H2,(H,12,13). The van der Waals surface area contributed by atoms with Crippen LogP contribution in [0.5, 0.6) is 0 Å². The van der Waals surface area contributed by atoms with Crippen molar-refractivity contribution in [3.63, 3.8) is 0 Å². The van der Waals surface area contributed by atoms with Gasteiger partial charge in [0.05, 0.1) is 5.56 Å². The van der Waals surface area contributed by atoms with E-state index in [9.17, 15) is 19.3 Å². The molecule has 6 heteroatoms. The molecule has 0 heterocycles. The Labute approximate surface area is 84.3 Å². The zero-order chi connectivity index (χ0) is 11.4. The van der Waals surface area contributed by atoms with Crippen molar-refractivity contribution >= 4 is 5.97 Å². The molecule has 0 saturated heterocycles. The van der Waals surface area contributed by atoms with Crippen LogP contribution in [-0.2, 0) is 6.42 Å². The van der Waals surface area contributed by atoms with E-state index in [1.54, 1.807) is 0 Å². The van der Waals surface area contributed by atoms with Crippen molar-refractivity contribution in [1.29, 1.82) is 0 Å². The summed E-state index contributed by atoms with van der Waals surface area (Å²) in [5, 5.41) is 18.6. The largest absolute Gasteiger partial charge is 0.478 e. The van der Waals surface area contributed by atoms with E-state index in [0.717, 1.165) is 12.1 Å². The first-order valence-corrected chi connectivity index (χ1v) is 4.14. The fraction of sp³-hybridized carbons (Fsp3) is 0.222. The quantitative estimate of drug-likeness (QED) is 0.604. The van der Waals surface area contributed by atoms with Gasteiger partial charge in [-0.2, -0.15) is 0 Å². The molecule has 0 atom stereocenters. The van der Waals surface area contributed by atoms with Crippen molar-refractivity contribution in [3.05, 3.63) is 45.3 Å². The van der Waals surface area contributed by atoms with E-state index in [0.29, 0.717) is 5.56 Å². The molecule has 0 unspecified atom stereocenters. The van der Waals surface area contributed by atoms with Crippen LogP contribution in [-0.4, -0.2) is 22.5 Å². The summed E-state index contributed by atoms with van der Waals surface area (Å²) < 4.78 is 13.1. The third-order valence-electron chi connectivity index (χ3n) is 1.85. The van der Waals surface area contributed by atoms with Gasteiger partial charge in [-0.1, -0.05) is 6.07 Å². The molecule has 15 heavy (non-hydrogen) atoms. The monoisotopic (exact) mass is 213 g/mol. The average Bonchev–Trinajstić information content (AvgIpc) is 2.14. The van der Waals surface area contributed by atoms with Gasteiger partial charge in [-0.15, -0.1) is 0 Å². The molecule has 0 aliphatic carbocycles. The fourth-order valence-corrected chi connectivity index (χ4v) is 1.11. The highest BCUT2D eigenvalue weighted by Crippen LogP contribution is 2.11. The minimum atomic E-state index is -1.35. The number of hydrogen-bond donors (Lipinski definition) is 1. The molecule has 0 radical (unpaired) electrons. The second-order valence-corrected chi connectivity index (χ2v) is 2.93. The Hall–Kier alpha value is -1.98. The van der Waals surface area contributed by atoms with E-state index in [1.165, 1.54) is 6.07 Å². The first-order valence-electron chi connectivity index (χ1n) is 4.14. The Bertz CT molecular complexity index is 405. The third-order valence-corrected chi connectivity index (χ3v) is 1.85. The molecular formula is C9H8FNO4. The van der Waals surface area contributed by atoms with Crippen LogP contribution in [0, 0.1) is 15.9 Å². The SMILES string of the molecule is O=C(O)c1ccc(CC[N+](=O)[O-])cc1F. The molecule has 80 valence electrons. The Morgan fingerprint density at radius 2 is 2.20 bits per heavy atom. The second kappa shape index (κ2) is 4.50. The van der Waals surface area contributed by atoms with Crippen molar-refractivity contribution < 1.29 is 19.2 Å². The zero-order valence-corrected chi connectivity index (χ0v) is 7.64. The van der Waals surface area contributed by atoms with Crippen LogP contribution in [0.1, 0.15) is 15.9 Å². The molecule has 1 rings (SSSR count). The maximum absolute atomic E-state index is 13.1. The fourth-order valence-electron chi connectivity index (χ4n) is 1.11. The van der Waals surface area contributed by atoms with Crippen LogP contribution in [0.2, 0.25) is 0 Å². The first-order chi connectivity index (χ1) is 7.00. The highest BCUT2D eigenvalue weighted by molar-refractivity contribution is 5.87. The zero-order valence-electron chi connectivity index (χ0n) is 7.64. The molecule has 0 aliphatic heterocycles. The topological polar surface area (TPSA) is 80.4 Å². The highest BCUT2D eigenvalue weighted by Gasteiger charge is 2.10. The number of carboxylic acid groups (broad SMARTS) is 1. The van der Waals surface area contributed by atoms with E-state index >= 15 is 0 Å². The normalized spacial score (nSPS) is 9.93. The summed E-state index contributed by atoms with van der Waals surface area (Å²) in [6, 6.07) is 3.48. The Kier molecular flexibility index (Phi) is 3.33. The highest BCUT2D eigenvalue weighted by atomic mass is 19.1. The second-order valence-electron chi connectivity index (χ2n) is 2.93. The summed E-state index contributed by atoms with van der Waals surface area (Å²) >= 11 is 0. The van der Waals surface area contributed by atoms with Gasteiger partial charge in [0.25, 0.3) is 0 Å². The van der Waals surface area contributed by atoms with Crippen LogP contribution >= 0.6 is 0 Å². The van der Waals surface area contributed by atoms with E-state index < -0.39 is 22.3 Å². The Morgan fingerprint density at radius 3 is 2.67 bits per heavy atom. The molecule has 0 fully saturated rings. The first kappa shape index (κ1) is 11.1. The van der Waals surface area contributed by atoms with Crippen LogP contribution < -0.4 is 0 Å². The van der Waals surface area contributed by atoms with Crippen molar-refractivity contribution in [2.24, 2.45) is 0 Å². The maximum atomic E-state index is 13.1. The van der Waals surface area contributed by atoms with Crippen molar-refractivity contribution in [2.45, 2.75) is 6.42 Å². The molecule has 0 saturated carbocycles. The van der Waals surface area contributed by atoms with Gasteiger partial charge < -0.3 is 5.11 Å². The van der Waals surface area contributed by atoms with Crippen LogP contribution in [0.3, 0.4) is 0 Å². The summed E-state index contributed by atoms with van der Waals surface area (Å²) in [6.07, 6.45) is 0.0871. The van der Waals surface area contributed by atoms with Crippen molar-refractivity contribution in [1.82, 2.24) is 0 Å². The lowest BCUT2D eigenvalue weighted by atomic mass is 10.1. The Balaban J connectivity index is 2.82. The van der Waals surface area contributed by atoms with Gasteiger partial charge in [0, 0.05) is 11.3 Å². The Morgan fingerprint density at radius 1 is 1.53 bits per heavy atom. The number of rotatable bonds is 4. The van der Waals surface area contributed by atoms with Gasteiger partial charge in [-0.05, 0) is 17.7 Å². The van der Waals surface area contributed by atoms with E-state index in [-0.39, 0.29) is 13.0 Å². The molecule has 0 spiro atoms. The lowest BCUT2D eigenvalue weighted by Crippen LogP contribution is -2.06. The predicted molar refractivity (Wildman–Crippen MR) is 48.9 cm³/mol. The van der Waals surface area contributed by atoms with Crippen LogP contribution in [0.25, 0.3) is 0 Å². The summed E-state index contributed by atoms with van der Waals surface area (Å²) in [5.74, 6) is -2.23. The van der Waals surface area contributed by atoms with Crippen molar-refractivity contribution in [3.8, 4) is 0 Å². The molecule has 1 aromatic rings. The van der Waals surface area contributed by atoms with Gasteiger partial charge in [-0.3, -0.25) is 10.1 Å². The van der Waals surface area contributed by atoms with Crippen molar-refractivity contribution in [2.75, 3.05) is 6.54 Å². The number of carbonyl (C=O) groups is 1. The van der Waals surface area contributed by atoms with Crippen LogP contribution in [0.4, 0.5) is 4.39 Å². The lowest BCUT2D eigenvalue weighted by Gasteiger charge is -2.00. The number of nitrogens with zero attached hydrogens (tertiary/aromatic N) is 1. The summed E-state index contributed by atoms with van der Waals surface area (Å²) in [7, 11) is 0. The van der Waals surface area contributed by atoms with E-state index in [4.69, 9.17) is 5.11 Å². The predicted octanol–water partition coefficient (Wildman–Crippen LogP) is 1.34. The minimum Gasteiger partial charge on any atom is -0.478 e. The molecule has 0 aromatic heterocycles.